The second-order valence-corrected chi connectivity index (χ2v) is 4.23. The summed E-state index contributed by atoms with van der Waals surface area (Å²) in [6.45, 7) is 2.03. The van der Waals surface area contributed by atoms with Crippen LogP contribution in [0.5, 0.6) is 0 Å². The summed E-state index contributed by atoms with van der Waals surface area (Å²) in [6.07, 6.45) is 3.40. The molecule has 0 atom stereocenters. The lowest BCUT2D eigenvalue weighted by Gasteiger charge is -1.97. The minimum Gasteiger partial charge on any atom is -0.399 e. The molecule has 0 spiro atoms. The van der Waals surface area contributed by atoms with E-state index in [1.165, 1.54) is 5.56 Å². The summed E-state index contributed by atoms with van der Waals surface area (Å²) in [6, 6.07) is 14.9. The second-order valence-electron chi connectivity index (χ2n) is 4.23. The Morgan fingerprint density at radius 3 is 2.22 bits per heavy atom. The Morgan fingerprint density at radius 2 is 1.61 bits per heavy atom. The molecule has 0 amide bonds. The van der Waals surface area contributed by atoms with Crippen LogP contribution < -0.4 is 5.73 Å². The fourth-order valence-corrected chi connectivity index (χ4v) is 1.59. The molecular formula is C16H15NO. The fourth-order valence-electron chi connectivity index (χ4n) is 1.59. The molecule has 0 heterocycles. The fraction of sp³-hybridized carbons (Fsp3) is 0.0625. The van der Waals surface area contributed by atoms with E-state index in [1.807, 2.05) is 37.3 Å². The first-order chi connectivity index (χ1) is 8.65. The van der Waals surface area contributed by atoms with Gasteiger partial charge in [-0.25, -0.2) is 0 Å². The molecular weight excluding hydrogens is 222 g/mol. The van der Waals surface area contributed by atoms with Crippen molar-refractivity contribution in [2.45, 2.75) is 6.92 Å². The number of nitrogens with two attached hydrogens (primary N) is 1. The SMILES string of the molecule is Cc1ccc(/C=C/C(=O)c2ccc(N)cc2)cc1. The van der Waals surface area contributed by atoms with Crippen LogP contribution in [0.25, 0.3) is 6.08 Å². The van der Waals surface area contributed by atoms with E-state index in [4.69, 9.17) is 5.73 Å². The summed E-state index contributed by atoms with van der Waals surface area (Å²) in [5.74, 6) is -0.0180. The van der Waals surface area contributed by atoms with E-state index in [9.17, 15) is 4.79 Å². The maximum Gasteiger partial charge on any atom is 0.185 e. The van der Waals surface area contributed by atoms with Gasteiger partial charge in [0.05, 0.1) is 0 Å². The van der Waals surface area contributed by atoms with Crippen molar-refractivity contribution < 1.29 is 4.79 Å². The minimum absolute atomic E-state index is 0.0180. The summed E-state index contributed by atoms with van der Waals surface area (Å²) < 4.78 is 0. The Hall–Kier alpha value is -2.35. The number of nitrogen functional groups attached to an aromatic ring is 1. The molecule has 0 aliphatic rings. The van der Waals surface area contributed by atoms with Gasteiger partial charge in [0.1, 0.15) is 0 Å². The summed E-state index contributed by atoms with van der Waals surface area (Å²) >= 11 is 0. The normalized spacial score (nSPS) is 10.7. The molecule has 2 N–H and O–H groups in total. The molecule has 90 valence electrons. The molecule has 0 fully saturated rings. The van der Waals surface area contributed by atoms with Gasteiger partial charge in [-0.05, 0) is 42.8 Å². The van der Waals surface area contributed by atoms with Crippen LogP contribution in [0, 0.1) is 6.92 Å². The van der Waals surface area contributed by atoms with Gasteiger partial charge in [0, 0.05) is 11.3 Å². The molecule has 2 aromatic rings. The lowest BCUT2D eigenvalue weighted by Crippen LogP contribution is -1.94. The number of carbonyl (C=O) groups is 1. The van der Waals surface area contributed by atoms with Gasteiger partial charge in [-0.3, -0.25) is 4.79 Å². The van der Waals surface area contributed by atoms with Gasteiger partial charge in [0.2, 0.25) is 0 Å². The van der Waals surface area contributed by atoms with Crippen molar-refractivity contribution in [3.63, 3.8) is 0 Å². The smallest absolute Gasteiger partial charge is 0.185 e. The van der Waals surface area contributed by atoms with Gasteiger partial charge in [-0.15, -0.1) is 0 Å². The Kier molecular flexibility index (Phi) is 3.58. The first-order valence-electron chi connectivity index (χ1n) is 5.80. The largest absolute Gasteiger partial charge is 0.399 e. The third kappa shape index (κ3) is 3.08. The number of benzene rings is 2. The number of hydrogen-bond donors (Lipinski definition) is 1. The number of rotatable bonds is 3. The van der Waals surface area contributed by atoms with Crippen molar-refractivity contribution in [1.29, 1.82) is 0 Å². The summed E-state index contributed by atoms with van der Waals surface area (Å²) in [7, 11) is 0. The van der Waals surface area contributed by atoms with Crippen molar-refractivity contribution in [1.82, 2.24) is 0 Å². The molecule has 2 nitrogen and oxygen atoms in total. The highest BCUT2D eigenvalue weighted by Crippen LogP contribution is 2.09. The van der Waals surface area contributed by atoms with E-state index >= 15 is 0 Å². The zero-order valence-corrected chi connectivity index (χ0v) is 10.3. The Bertz CT molecular complexity index is 565. The number of aryl methyl sites for hydroxylation is 1. The highest BCUT2D eigenvalue weighted by atomic mass is 16.1. The average Bonchev–Trinajstić information content (AvgIpc) is 2.38. The number of anilines is 1. The van der Waals surface area contributed by atoms with Gasteiger partial charge >= 0.3 is 0 Å². The Balaban J connectivity index is 2.11. The molecule has 2 rings (SSSR count). The first-order valence-corrected chi connectivity index (χ1v) is 5.80. The first kappa shape index (κ1) is 12.1. The highest BCUT2D eigenvalue weighted by Gasteiger charge is 2.00. The highest BCUT2D eigenvalue weighted by molar-refractivity contribution is 6.06. The third-order valence-electron chi connectivity index (χ3n) is 2.70. The van der Waals surface area contributed by atoms with Crippen molar-refractivity contribution in [3.8, 4) is 0 Å². The van der Waals surface area contributed by atoms with Crippen LogP contribution in [0.3, 0.4) is 0 Å². The molecule has 0 saturated heterocycles. The molecule has 0 aliphatic carbocycles. The Labute approximate surface area is 107 Å². The van der Waals surface area contributed by atoms with Crippen LogP contribution in [-0.4, -0.2) is 5.78 Å². The lowest BCUT2D eigenvalue weighted by atomic mass is 10.1. The number of ketones is 1. The molecule has 0 aliphatic heterocycles. The van der Waals surface area contributed by atoms with Crippen LogP contribution in [0.15, 0.2) is 54.6 Å². The van der Waals surface area contributed by atoms with Crippen LogP contribution in [-0.2, 0) is 0 Å². The van der Waals surface area contributed by atoms with E-state index in [0.717, 1.165) is 5.56 Å². The maximum atomic E-state index is 11.9. The maximum absolute atomic E-state index is 11.9. The molecule has 0 aromatic heterocycles. The zero-order chi connectivity index (χ0) is 13.0. The molecule has 0 unspecified atom stereocenters. The summed E-state index contributed by atoms with van der Waals surface area (Å²) in [5.41, 5.74) is 9.11. The van der Waals surface area contributed by atoms with E-state index in [1.54, 1.807) is 30.3 Å². The van der Waals surface area contributed by atoms with Crippen molar-refractivity contribution in [2.75, 3.05) is 5.73 Å². The predicted octanol–water partition coefficient (Wildman–Crippen LogP) is 3.47. The molecule has 2 heteroatoms. The third-order valence-corrected chi connectivity index (χ3v) is 2.70. The van der Waals surface area contributed by atoms with Gasteiger partial charge in [0.25, 0.3) is 0 Å². The van der Waals surface area contributed by atoms with E-state index in [-0.39, 0.29) is 5.78 Å². The zero-order valence-electron chi connectivity index (χ0n) is 10.3. The van der Waals surface area contributed by atoms with Crippen LogP contribution in [0.2, 0.25) is 0 Å². The number of allylic oxidation sites excluding steroid dienone is 1. The summed E-state index contributed by atoms with van der Waals surface area (Å²) in [5, 5.41) is 0. The predicted molar refractivity (Wildman–Crippen MR) is 75.4 cm³/mol. The standard InChI is InChI=1S/C16H15NO/c1-12-2-4-13(5-3-12)6-11-16(18)14-7-9-15(17)10-8-14/h2-11H,17H2,1H3/b11-6+. The quantitative estimate of drug-likeness (QED) is 0.504. The minimum atomic E-state index is -0.0180. The van der Waals surface area contributed by atoms with Crippen molar-refractivity contribution >= 4 is 17.5 Å². The molecule has 0 radical (unpaired) electrons. The summed E-state index contributed by atoms with van der Waals surface area (Å²) in [4.78, 5) is 11.9. The van der Waals surface area contributed by atoms with Gasteiger partial charge in [-0.1, -0.05) is 35.9 Å². The average molecular weight is 237 g/mol. The molecule has 0 bridgehead atoms. The molecule has 18 heavy (non-hydrogen) atoms. The number of hydrogen-bond acceptors (Lipinski definition) is 2. The molecule has 2 aromatic carbocycles. The van der Waals surface area contributed by atoms with E-state index in [2.05, 4.69) is 0 Å². The molecule has 0 saturated carbocycles. The number of carbonyl (C=O) groups excluding carboxylic acids is 1. The monoisotopic (exact) mass is 237 g/mol. The second kappa shape index (κ2) is 5.32. The van der Waals surface area contributed by atoms with Crippen LogP contribution in [0.1, 0.15) is 21.5 Å². The van der Waals surface area contributed by atoms with Crippen LogP contribution >= 0.6 is 0 Å². The van der Waals surface area contributed by atoms with Crippen LogP contribution in [0.4, 0.5) is 5.69 Å². The topological polar surface area (TPSA) is 43.1 Å². The van der Waals surface area contributed by atoms with Gasteiger partial charge < -0.3 is 5.73 Å². The van der Waals surface area contributed by atoms with E-state index in [0.29, 0.717) is 11.3 Å². The van der Waals surface area contributed by atoms with Crippen molar-refractivity contribution in [2.24, 2.45) is 0 Å². The van der Waals surface area contributed by atoms with Crippen molar-refractivity contribution in [3.05, 3.63) is 71.3 Å². The van der Waals surface area contributed by atoms with Gasteiger partial charge in [-0.2, -0.15) is 0 Å². The lowest BCUT2D eigenvalue weighted by molar-refractivity contribution is 0.104. The Morgan fingerprint density at radius 1 is 1.00 bits per heavy atom. The van der Waals surface area contributed by atoms with Gasteiger partial charge in [0.15, 0.2) is 5.78 Å². The van der Waals surface area contributed by atoms with E-state index < -0.39 is 0 Å².